The van der Waals surface area contributed by atoms with Crippen molar-refractivity contribution in [2.24, 2.45) is 0 Å². The fraction of sp³-hybridized carbons (Fsp3) is 0.190. The Morgan fingerprint density at radius 3 is 2.37 bits per heavy atom. The van der Waals surface area contributed by atoms with Crippen molar-refractivity contribution in [3.8, 4) is 17.1 Å². The fourth-order valence-corrected chi connectivity index (χ4v) is 2.77. The van der Waals surface area contributed by atoms with Crippen LogP contribution >= 0.6 is 0 Å². The first kappa shape index (κ1) is 18.5. The molecule has 0 aliphatic heterocycles. The smallest absolute Gasteiger partial charge is 0.257 e. The van der Waals surface area contributed by atoms with Gasteiger partial charge in [0.25, 0.3) is 5.91 Å². The minimum absolute atomic E-state index is 0.135. The zero-order chi connectivity index (χ0) is 19.1. The Bertz CT molecular complexity index is 883. The van der Waals surface area contributed by atoms with Crippen molar-refractivity contribution in [2.75, 3.05) is 20.3 Å². The highest BCUT2D eigenvalue weighted by Gasteiger charge is 2.18. The summed E-state index contributed by atoms with van der Waals surface area (Å²) in [6.07, 6.45) is 3.04. The molecule has 0 atom stereocenters. The highest BCUT2D eigenvalue weighted by molar-refractivity contribution is 5.93. The Balaban J connectivity index is 1.80. The van der Waals surface area contributed by atoms with Gasteiger partial charge < -0.3 is 14.7 Å². The summed E-state index contributed by atoms with van der Waals surface area (Å²) in [6, 6.07) is 17.1. The van der Waals surface area contributed by atoms with Crippen LogP contribution in [0.5, 0.6) is 5.75 Å². The van der Waals surface area contributed by atoms with Crippen molar-refractivity contribution >= 4 is 5.91 Å². The number of aliphatic hydroxyl groups is 1. The van der Waals surface area contributed by atoms with Gasteiger partial charge in [-0.25, -0.2) is 9.97 Å². The monoisotopic (exact) mass is 363 g/mol. The van der Waals surface area contributed by atoms with E-state index in [4.69, 9.17) is 4.74 Å². The van der Waals surface area contributed by atoms with Gasteiger partial charge in [0, 0.05) is 36.6 Å². The minimum atomic E-state index is -0.241. The van der Waals surface area contributed by atoms with E-state index in [9.17, 15) is 9.90 Å². The van der Waals surface area contributed by atoms with Crippen LogP contribution in [0, 0.1) is 0 Å². The molecule has 1 aromatic heterocycles. The van der Waals surface area contributed by atoms with Crippen molar-refractivity contribution in [2.45, 2.75) is 6.54 Å². The summed E-state index contributed by atoms with van der Waals surface area (Å²) < 4.78 is 5.35. The van der Waals surface area contributed by atoms with Gasteiger partial charge in [0.15, 0.2) is 5.82 Å². The maximum atomic E-state index is 12.9. The summed E-state index contributed by atoms with van der Waals surface area (Å²) in [6.45, 7) is 0.394. The van der Waals surface area contributed by atoms with Gasteiger partial charge in [-0.05, 0) is 6.07 Å². The van der Waals surface area contributed by atoms with Gasteiger partial charge in [0.2, 0.25) is 0 Å². The lowest BCUT2D eigenvalue weighted by Crippen LogP contribution is -2.33. The van der Waals surface area contributed by atoms with E-state index >= 15 is 0 Å². The van der Waals surface area contributed by atoms with E-state index in [1.165, 1.54) is 12.4 Å². The molecule has 0 spiro atoms. The van der Waals surface area contributed by atoms with Gasteiger partial charge >= 0.3 is 0 Å². The molecule has 138 valence electrons. The van der Waals surface area contributed by atoms with E-state index in [-0.39, 0.29) is 19.1 Å². The quantitative estimate of drug-likeness (QED) is 0.699. The van der Waals surface area contributed by atoms with Crippen LogP contribution in [0.15, 0.2) is 67.0 Å². The number of ether oxygens (including phenoxy) is 1. The van der Waals surface area contributed by atoms with Crippen LogP contribution in [0.4, 0.5) is 0 Å². The molecular formula is C21H21N3O3. The number of aromatic nitrogens is 2. The van der Waals surface area contributed by atoms with Crippen molar-refractivity contribution in [3.63, 3.8) is 0 Å². The van der Waals surface area contributed by atoms with Crippen LogP contribution in [0.25, 0.3) is 11.4 Å². The molecule has 0 fully saturated rings. The van der Waals surface area contributed by atoms with Crippen LogP contribution in [0.1, 0.15) is 15.9 Å². The van der Waals surface area contributed by atoms with E-state index in [1.54, 1.807) is 12.0 Å². The van der Waals surface area contributed by atoms with Crippen LogP contribution in [0.2, 0.25) is 0 Å². The topological polar surface area (TPSA) is 75.6 Å². The number of methoxy groups -OCH3 is 1. The zero-order valence-corrected chi connectivity index (χ0v) is 15.1. The highest BCUT2D eigenvalue weighted by Crippen LogP contribution is 2.20. The van der Waals surface area contributed by atoms with Gasteiger partial charge in [-0.1, -0.05) is 48.5 Å². The lowest BCUT2D eigenvalue weighted by atomic mass is 10.1. The molecule has 1 heterocycles. The molecule has 0 aliphatic rings. The summed E-state index contributed by atoms with van der Waals surface area (Å²) in [7, 11) is 1.59. The molecule has 6 nitrogen and oxygen atoms in total. The highest BCUT2D eigenvalue weighted by atomic mass is 16.5. The summed E-state index contributed by atoms with van der Waals surface area (Å²) in [5.41, 5.74) is 2.12. The Hall–Kier alpha value is -3.25. The van der Waals surface area contributed by atoms with Gasteiger partial charge in [-0.15, -0.1) is 0 Å². The molecule has 3 rings (SSSR count). The van der Waals surface area contributed by atoms with Crippen LogP contribution < -0.4 is 4.74 Å². The molecule has 2 aromatic carbocycles. The van der Waals surface area contributed by atoms with Crippen LogP contribution in [0.3, 0.4) is 0 Å². The predicted octanol–water partition coefficient (Wildman–Crippen LogP) is 2.79. The predicted molar refractivity (Wildman–Crippen MR) is 102 cm³/mol. The van der Waals surface area contributed by atoms with Gasteiger partial charge in [0.05, 0.1) is 19.3 Å². The third-order valence-electron chi connectivity index (χ3n) is 4.14. The van der Waals surface area contributed by atoms with Gasteiger partial charge in [0.1, 0.15) is 5.75 Å². The lowest BCUT2D eigenvalue weighted by molar-refractivity contribution is 0.0705. The summed E-state index contributed by atoms with van der Waals surface area (Å²) in [5, 5.41) is 9.37. The third kappa shape index (κ3) is 4.48. The Morgan fingerprint density at radius 2 is 1.70 bits per heavy atom. The standard InChI is InChI=1S/C21H21N3O3/c1-27-19-10-6-5-9-17(19)15-24(11-12-25)21(26)18-13-22-20(23-14-18)16-7-3-2-4-8-16/h2-10,13-14,25H,11-12,15H2,1H3. The maximum absolute atomic E-state index is 12.9. The Morgan fingerprint density at radius 1 is 1.04 bits per heavy atom. The molecule has 0 aliphatic carbocycles. The zero-order valence-electron chi connectivity index (χ0n) is 15.1. The van der Waals surface area contributed by atoms with Crippen LogP contribution in [-0.2, 0) is 6.54 Å². The van der Waals surface area contributed by atoms with E-state index in [0.717, 1.165) is 11.1 Å². The number of amides is 1. The molecule has 0 saturated heterocycles. The molecule has 1 amide bonds. The number of nitrogens with zero attached hydrogens (tertiary/aromatic N) is 3. The third-order valence-corrected chi connectivity index (χ3v) is 4.14. The number of para-hydroxylation sites is 1. The van der Waals surface area contributed by atoms with Crippen molar-refractivity contribution < 1.29 is 14.6 Å². The lowest BCUT2D eigenvalue weighted by Gasteiger charge is -2.22. The fourth-order valence-electron chi connectivity index (χ4n) is 2.77. The summed E-state index contributed by atoms with van der Waals surface area (Å²) in [4.78, 5) is 23.0. The number of aliphatic hydroxyl groups excluding tert-OH is 1. The average molecular weight is 363 g/mol. The summed E-state index contributed by atoms with van der Waals surface area (Å²) >= 11 is 0. The van der Waals surface area contributed by atoms with Crippen molar-refractivity contribution in [1.82, 2.24) is 14.9 Å². The number of carbonyl (C=O) groups excluding carboxylic acids is 1. The molecule has 1 N–H and O–H groups in total. The van der Waals surface area contributed by atoms with Gasteiger partial charge in [-0.3, -0.25) is 4.79 Å². The van der Waals surface area contributed by atoms with E-state index in [0.29, 0.717) is 23.7 Å². The number of benzene rings is 2. The summed E-state index contributed by atoms with van der Waals surface area (Å²) in [5.74, 6) is 1.02. The maximum Gasteiger partial charge on any atom is 0.257 e. The molecule has 0 saturated carbocycles. The molecule has 0 unspecified atom stereocenters. The molecule has 0 radical (unpaired) electrons. The second kappa shape index (κ2) is 8.91. The SMILES string of the molecule is COc1ccccc1CN(CCO)C(=O)c1cnc(-c2ccccc2)nc1. The van der Waals surface area contributed by atoms with Gasteiger partial charge in [-0.2, -0.15) is 0 Å². The van der Waals surface area contributed by atoms with Crippen molar-refractivity contribution in [3.05, 3.63) is 78.1 Å². The largest absolute Gasteiger partial charge is 0.496 e. The first-order chi connectivity index (χ1) is 13.2. The van der Waals surface area contributed by atoms with E-state index < -0.39 is 0 Å². The number of hydrogen-bond acceptors (Lipinski definition) is 5. The molecule has 3 aromatic rings. The minimum Gasteiger partial charge on any atom is -0.496 e. The Labute approximate surface area is 158 Å². The molecule has 27 heavy (non-hydrogen) atoms. The number of rotatable bonds is 7. The molecular weight excluding hydrogens is 342 g/mol. The average Bonchev–Trinajstić information content (AvgIpc) is 2.74. The van der Waals surface area contributed by atoms with Crippen LogP contribution in [-0.4, -0.2) is 46.1 Å². The van der Waals surface area contributed by atoms with Crippen molar-refractivity contribution in [1.29, 1.82) is 0 Å². The first-order valence-electron chi connectivity index (χ1n) is 8.62. The second-order valence-corrected chi connectivity index (χ2v) is 5.92. The molecule has 6 heteroatoms. The second-order valence-electron chi connectivity index (χ2n) is 5.92. The molecule has 0 bridgehead atoms. The normalized spacial score (nSPS) is 10.4. The van der Waals surface area contributed by atoms with E-state index in [2.05, 4.69) is 9.97 Å². The van der Waals surface area contributed by atoms with E-state index in [1.807, 2.05) is 54.6 Å². The number of hydrogen-bond donors (Lipinski definition) is 1. The first-order valence-corrected chi connectivity index (χ1v) is 8.62. The number of carbonyl (C=O) groups is 1. The Kier molecular flexibility index (Phi) is 6.12.